The van der Waals surface area contributed by atoms with Gasteiger partial charge in [-0.1, -0.05) is 16.8 Å². The Bertz CT molecular complexity index is 1270. The van der Waals surface area contributed by atoms with Gasteiger partial charge >= 0.3 is 0 Å². The lowest BCUT2D eigenvalue weighted by atomic mass is 10.1. The zero-order chi connectivity index (χ0) is 22.7. The number of rotatable bonds is 7. The minimum atomic E-state index is -0.707. The minimum Gasteiger partial charge on any atom is -0.351 e. The fraction of sp³-hybridized carbons (Fsp3) is 0.200. The molecule has 0 bridgehead atoms. The smallest absolute Gasteiger partial charge is 0.236 e. The fourth-order valence-corrected chi connectivity index (χ4v) is 3.30. The van der Waals surface area contributed by atoms with Crippen LogP contribution in [0.2, 0.25) is 5.02 Å². The summed E-state index contributed by atoms with van der Waals surface area (Å²) in [6, 6.07) is 5.86. The topological polar surface area (TPSA) is 138 Å². The molecule has 3 heterocycles. The van der Waals surface area contributed by atoms with Crippen molar-refractivity contribution in [2.45, 2.75) is 25.9 Å². The van der Waals surface area contributed by atoms with E-state index in [0.29, 0.717) is 29.3 Å². The number of carbonyl (C=O) groups is 1. The highest BCUT2D eigenvalue weighted by atomic mass is 35.5. The van der Waals surface area contributed by atoms with Gasteiger partial charge in [0.2, 0.25) is 17.6 Å². The standard InChI is InChI=1S/C20H16ClFN8O2/c1-11(26-18(31)6-19-27-20(29-32-19)17-8-24-10-25-17)9-30-3-2-16(28-30)12-4-14(21)13(7-23)15(22)5-12/h2-5,8,10-11H,6,9H2,1H3,(H,24,25)(H,26,31)/t11-/m0/s1. The van der Waals surface area contributed by atoms with Gasteiger partial charge in [0.1, 0.15) is 29.6 Å². The number of benzene rings is 1. The Balaban J connectivity index is 1.35. The summed E-state index contributed by atoms with van der Waals surface area (Å²) >= 11 is 5.96. The maximum atomic E-state index is 14.0. The number of nitrogens with one attached hydrogen (secondary N) is 2. The number of hydrogen-bond acceptors (Lipinski definition) is 7. The molecular formula is C20H16ClFN8O2. The van der Waals surface area contributed by atoms with Crippen LogP contribution in [0.15, 0.2) is 41.4 Å². The third-order valence-corrected chi connectivity index (χ3v) is 4.78. The number of halogens is 2. The first kappa shape index (κ1) is 21.2. The molecular weight excluding hydrogens is 439 g/mol. The number of H-pyrrole nitrogens is 1. The van der Waals surface area contributed by atoms with E-state index in [0.717, 1.165) is 0 Å². The van der Waals surface area contributed by atoms with Gasteiger partial charge in [-0.2, -0.15) is 15.3 Å². The molecule has 0 saturated heterocycles. The Morgan fingerprint density at radius 3 is 3.03 bits per heavy atom. The molecule has 1 amide bonds. The Labute approximate surface area is 186 Å². The van der Waals surface area contributed by atoms with E-state index in [1.807, 2.05) is 6.92 Å². The summed E-state index contributed by atoms with van der Waals surface area (Å²) in [5.41, 5.74) is 1.33. The first-order valence-corrected chi connectivity index (χ1v) is 9.84. The van der Waals surface area contributed by atoms with Gasteiger partial charge in [-0.05, 0) is 25.1 Å². The summed E-state index contributed by atoms with van der Waals surface area (Å²) in [6.07, 6.45) is 4.68. The Morgan fingerprint density at radius 1 is 1.47 bits per heavy atom. The van der Waals surface area contributed by atoms with Crippen LogP contribution in [-0.2, 0) is 17.8 Å². The van der Waals surface area contributed by atoms with Gasteiger partial charge in [-0.15, -0.1) is 0 Å². The van der Waals surface area contributed by atoms with Crippen LogP contribution in [0, 0.1) is 17.1 Å². The summed E-state index contributed by atoms with van der Waals surface area (Å²) in [6.45, 7) is 2.20. The van der Waals surface area contributed by atoms with E-state index in [1.165, 1.54) is 18.5 Å². The average molecular weight is 455 g/mol. The van der Waals surface area contributed by atoms with Crippen molar-refractivity contribution in [2.24, 2.45) is 0 Å². The number of imidazole rings is 1. The van der Waals surface area contributed by atoms with Crippen LogP contribution >= 0.6 is 11.6 Å². The number of aromatic nitrogens is 6. The van der Waals surface area contributed by atoms with E-state index < -0.39 is 5.82 Å². The maximum absolute atomic E-state index is 14.0. The molecule has 0 saturated carbocycles. The van der Waals surface area contributed by atoms with Gasteiger partial charge < -0.3 is 14.8 Å². The highest BCUT2D eigenvalue weighted by Crippen LogP contribution is 2.26. The molecule has 162 valence electrons. The second-order valence-corrected chi connectivity index (χ2v) is 7.38. The molecule has 10 nitrogen and oxygen atoms in total. The predicted molar refractivity (Wildman–Crippen MR) is 111 cm³/mol. The molecule has 0 aliphatic carbocycles. The van der Waals surface area contributed by atoms with Gasteiger partial charge in [-0.25, -0.2) is 9.37 Å². The van der Waals surface area contributed by atoms with Crippen molar-refractivity contribution in [3.8, 4) is 28.8 Å². The monoisotopic (exact) mass is 454 g/mol. The van der Waals surface area contributed by atoms with Crippen LogP contribution in [-0.4, -0.2) is 41.8 Å². The maximum Gasteiger partial charge on any atom is 0.236 e. The molecule has 3 aromatic heterocycles. The van der Waals surface area contributed by atoms with Crippen LogP contribution < -0.4 is 5.32 Å². The third kappa shape index (κ3) is 4.65. The lowest BCUT2D eigenvalue weighted by molar-refractivity contribution is -0.121. The van der Waals surface area contributed by atoms with Crippen molar-refractivity contribution in [1.29, 1.82) is 5.26 Å². The zero-order valence-corrected chi connectivity index (χ0v) is 17.5. The summed E-state index contributed by atoms with van der Waals surface area (Å²) in [5.74, 6) is -0.491. The third-order valence-electron chi connectivity index (χ3n) is 4.48. The van der Waals surface area contributed by atoms with Gasteiger partial charge in [0.15, 0.2) is 0 Å². The molecule has 0 radical (unpaired) electrons. The molecule has 1 atom stereocenters. The zero-order valence-electron chi connectivity index (χ0n) is 16.7. The predicted octanol–water partition coefficient (Wildman–Crippen LogP) is 2.73. The first-order valence-electron chi connectivity index (χ1n) is 9.46. The van der Waals surface area contributed by atoms with Crippen molar-refractivity contribution in [3.63, 3.8) is 0 Å². The van der Waals surface area contributed by atoms with Gasteiger partial charge in [-0.3, -0.25) is 9.48 Å². The van der Waals surface area contributed by atoms with Gasteiger partial charge in [0.25, 0.3) is 0 Å². The highest BCUT2D eigenvalue weighted by Gasteiger charge is 2.16. The van der Waals surface area contributed by atoms with Crippen LogP contribution in [0.4, 0.5) is 4.39 Å². The van der Waals surface area contributed by atoms with Crippen LogP contribution in [0.1, 0.15) is 18.4 Å². The molecule has 0 aliphatic heterocycles. The van der Waals surface area contributed by atoms with E-state index in [9.17, 15) is 9.18 Å². The minimum absolute atomic E-state index is 0.0226. The number of nitrogens with zero attached hydrogens (tertiary/aromatic N) is 6. The van der Waals surface area contributed by atoms with Gasteiger partial charge in [0, 0.05) is 17.8 Å². The Morgan fingerprint density at radius 2 is 2.31 bits per heavy atom. The van der Waals surface area contributed by atoms with Crippen LogP contribution in [0.3, 0.4) is 0 Å². The number of carbonyl (C=O) groups excluding carboxylic acids is 1. The van der Waals surface area contributed by atoms with Gasteiger partial charge in [0.05, 0.1) is 29.8 Å². The second-order valence-electron chi connectivity index (χ2n) is 6.97. The van der Waals surface area contributed by atoms with Crippen molar-refractivity contribution in [2.75, 3.05) is 0 Å². The summed E-state index contributed by atoms with van der Waals surface area (Å²) in [4.78, 5) is 23.2. The molecule has 0 aliphatic rings. The lowest BCUT2D eigenvalue weighted by Crippen LogP contribution is -2.36. The SMILES string of the molecule is C[C@@H](Cn1ccc(-c2cc(F)c(C#N)c(Cl)c2)n1)NC(=O)Cc1nc(-c2cnc[nH]2)no1. The van der Waals surface area contributed by atoms with Crippen LogP contribution in [0.5, 0.6) is 0 Å². The molecule has 12 heteroatoms. The molecule has 0 unspecified atom stereocenters. The van der Waals surface area contributed by atoms with Crippen LogP contribution in [0.25, 0.3) is 22.8 Å². The molecule has 32 heavy (non-hydrogen) atoms. The Hall–Kier alpha value is -4.04. The summed E-state index contributed by atoms with van der Waals surface area (Å²) in [5, 5.41) is 20.0. The number of hydrogen-bond donors (Lipinski definition) is 2. The number of aromatic amines is 1. The van der Waals surface area contributed by atoms with Crippen molar-refractivity contribution in [3.05, 3.63) is 59.2 Å². The second kappa shape index (κ2) is 8.99. The molecule has 1 aromatic carbocycles. The lowest BCUT2D eigenvalue weighted by Gasteiger charge is -2.13. The molecule has 0 fully saturated rings. The number of amides is 1. The highest BCUT2D eigenvalue weighted by molar-refractivity contribution is 6.32. The van der Waals surface area contributed by atoms with E-state index >= 15 is 0 Å². The van der Waals surface area contributed by atoms with E-state index in [-0.39, 0.29) is 34.8 Å². The van der Waals surface area contributed by atoms with Crippen molar-refractivity contribution in [1.82, 2.24) is 35.2 Å². The molecule has 4 aromatic rings. The van der Waals surface area contributed by atoms with Crippen molar-refractivity contribution < 1.29 is 13.7 Å². The largest absolute Gasteiger partial charge is 0.351 e. The van der Waals surface area contributed by atoms with E-state index in [1.54, 1.807) is 29.2 Å². The van der Waals surface area contributed by atoms with E-state index in [2.05, 4.69) is 30.5 Å². The van der Waals surface area contributed by atoms with E-state index in [4.69, 9.17) is 21.4 Å². The normalized spacial score (nSPS) is 11.8. The average Bonchev–Trinajstić information content (AvgIpc) is 3.49. The fourth-order valence-electron chi connectivity index (χ4n) is 3.05. The molecule has 2 N–H and O–H groups in total. The van der Waals surface area contributed by atoms with Crippen molar-refractivity contribution >= 4 is 17.5 Å². The molecule has 0 spiro atoms. The quantitative estimate of drug-likeness (QED) is 0.437. The Kier molecular flexibility index (Phi) is 5.96. The molecule has 4 rings (SSSR count). The summed E-state index contributed by atoms with van der Waals surface area (Å²) < 4.78 is 20.7. The first-order chi connectivity index (χ1) is 15.4. The summed E-state index contributed by atoms with van der Waals surface area (Å²) in [7, 11) is 0. The number of nitriles is 1.